The lowest BCUT2D eigenvalue weighted by atomic mass is 10.1. The van der Waals surface area contributed by atoms with E-state index in [1.54, 1.807) is 37.1 Å². The molecule has 0 aliphatic carbocycles. The maximum absolute atomic E-state index is 13.1. The molecule has 1 heterocycles. The molecule has 0 fully saturated rings. The minimum absolute atomic E-state index is 0.111. The van der Waals surface area contributed by atoms with E-state index in [9.17, 15) is 14.0 Å². The minimum atomic E-state index is -0.505. The Morgan fingerprint density at radius 1 is 1.24 bits per heavy atom. The van der Waals surface area contributed by atoms with Gasteiger partial charge in [-0.05, 0) is 42.3 Å². The molecule has 25 heavy (non-hydrogen) atoms. The Labute approximate surface area is 145 Å². The van der Waals surface area contributed by atoms with Gasteiger partial charge in [0, 0.05) is 13.6 Å². The van der Waals surface area contributed by atoms with Crippen LogP contribution in [0.3, 0.4) is 0 Å². The van der Waals surface area contributed by atoms with Crippen LogP contribution in [0.15, 0.2) is 42.5 Å². The van der Waals surface area contributed by atoms with E-state index in [2.05, 4.69) is 5.32 Å². The van der Waals surface area contributed by atoms with Crippen molar-refractivity contribution in [2.45, 2.75) is 26.0 Å². The average molecular weight is 342 g/mol. The first-order valence-electron chi connectivity index (χ1n) is 8.02. The molecule has 2 aromatic rings. The zero-order valence-electron chi connectivity index (χ0n) is 14.1. The fourth-order valence-electron chi connectivity index (χ4n) is 2.76. The van der Waals surface area contributed by atoms with Gasteiger partial charge in [0.05, 0.1) is 12.1 Å². The van der Waals surface area contributed by atoms with Crippen molar-refractivity contribution < 1.29 is 18.7 Å². The van der Waals surface area contributed by atoms with Crippen molar-refractivity contribution in [1.82, 2.24) is 5.32 Å². The Morgan fingerprint density at radius 2 is 2.04 bits per heavy atom. The lowest BCUT2D eigenvalue weighted by molar-refractivity contribution is -0.125. The maximum atomic E-state index is 13.1. The molecule has 0 aromatic heterocycles. The molecule has 1 N–H and O–H groups in total. The molecule has 1 unspecified atom stereocenters. The van der Waals surface area contributed by atoms with Crippen LogP contribution in [0.4, 0.5) is 10.1 Å². The molecule has 1 aliphatic rings. The van der Waals surface area contributed by atoms with Crippen molar-refractivity contribution in [2.75, 3.05) is 11.9 Å². The topological polar surface area (TPSA) is 58.6 Å². The summed E-state index contributed by atoms with van der Waals surface area (Å²) in [6.07, 6.45) is -0.392. The number of fused-ring (bicyclic) bond motifs is 1. The van der Waals surface area contributed by atoms with Crippen LogP contribution < -0.4 is 15.0 Å². The number of rotatable bonds is 4. The summed E-state index contributed by atoms with van der Waals surface area (Å²) in [6, 6.07) is 11.4. The van der Waals surface area contributed by atoms with Gasteiger partial charge in [0.15, 0.2) is 6.10 Å². The first-order chi connectivity index (χ1) is 11.9. The van der Waals surface area contributed by atoms with Crippen molar-refractivity contribution in [1.29, 1.82) is 0 Å². The Hall–Kier alpha value is -2.89. The zero-order chi connectivity index (χ0) is 18.0. The Morgan fingerprint density at radius 3 is 2.80 bits per heavy atom. The van der Waals surface area contributed by atoms with E-state index >= 15 is 0 Å². The smallest absolute Gasteiger partial charge is 0.267 e. The van der Waals surface area contributed by atoms with Crippen molar-refractivity contribution in [3.8, 4) is 5.75 Å². The van der Waals surface area contributed by atoms with Crippen LogP contribution in [0, 0.1) is 5.82 Å². The first-order valence-corrected chi connectivity index (χ1v) is 8.02. The fourth-order valence-corrected chi connectivity index (χ4v) is 2.76. The number of nitrogens with zero attached hydrogens (tertiary/aromatic N) is 1. The molecule has 0 saturated carbocycles. The largest absolute Gasteiger partial charge is 0.479 e. The highest BCUT2D eigenvalue weighted by Gasteiger charge is 2.28. The third kappa shape index (κ3) is 3.79. The number of carbonyl (C=O) groups is 2. The monoisotopic (exact) mass is 342 g/mol. The number of carbonyl (C=O) groups excluding carboxylic acids is 2. The second-order valence-corrected chi connectivity index (χ2v) is 6.04. The second kappa shape index (κ2) is 6.93. The molecule has 0 saturated heterocycles. The predicted octanol–water partition coefficient (Wildman–Crippen LogP) is 2.43. The molecule has 2 amide bonds. The SMILES string of the molecule is CC1Oc2ccc(CNC(=O)Cc3cccc(F)c3)cc2N(C)C1=O. The number of likely N-dealkylation sites (N-methyl/N-ethyl adjacent to an activating group) is 1. The van der Waals surface area contributed by atoms with E-state index < -0.39 is 6.10 Å². The quantitative estimate of drug-likeness (QED) is 0.928. The Kier molecular flexibility index (Phi) is 4.70. The van der Waals surface area contributed by atoms with Gasteiger partial charge in [-0.25, -0.2) is 4.39 Å². The van der Waals surface area contributed by atoms with E-state index in [1.165, 1.54) is 12.1 Å². The summed E-state index contributed by atoms with van der Waals surface area (Å²) in [6.45, 7) is 2.03. The first kappa shape index (κ1) is 17.0. The summed E-state index contributed by atoms with van der Waals surface area (Å²) in [5.74, 6) is -0.0243. The fraction of sp³-hybridized carbons (Fsp3) is 0.263. The highest BCUT2D eigenvalue weighted by atomic mass is 19.1. The number of halogens is 1. The van der Waals surface area contributed by atoms with Crippen LogP contribution in [0.1, 0.15) is 18.1 Å². The molecule has 1 atom stereocenters. The van der Waals surface area contributed by atoms with Crippen LogP contribution in [0.25, 0.3) is 0 Å². The predicted molar refractivity (Wildman–Crippen MR) is 91.9 cm³/mol. The third-order valence-corrected chi connectivity index (χ3v) is 4.11. The molecular formula is C19H19FN2O3. The summed E-state index contributed by atoms with van der Waals surface area (Å²) in [4.78, 5) is 25.6. The van der Waals surface area contributed by atoms with E-state index in [1.807, 2.05) is 12.1 Å². The summed E-state index contributed by atoms with van der Waals surface area (Å²) < 4.78 is 18.7. The van der Waals surface area contributed by atoms with Crippen molar-refractivity contribution >= 4 is 17.5 Å². The molecule has 1 aliphatic heterocycles. The lowest BCUT2D eigenvalue weighted by Crippen LogP contribution is -2.42. The van der Waals surface area contributed by atoms with E-state index in [4.69, 9.17) is 4.74 Å². The highest BCUT2D eigenvalue weighted by molar-refractivity contribution is 5.99. The molecule has 6 heteroatoms. The molecule has 0 radical (unpaired) electrons. The van der Waals surface area contributed by atoms with Crippen LogP contribution in [0.5, 0.6) is 5.75 Å². The Balaban J connectivity index is 1.64. The number of amides is 2. The van der Waals surface area contributed by atoms with Gasteiger partial charge in [-0.2, -0.15) is 0 Å². The van der Waals surface area contributed by atoms with Crippen molar-refractivity contribution in [3.05, 3.63) is 59.4 Å². The van der Waals surface area contributed by atoms with Gasteiger partial charge in [-0.15, -0.1) is 0 Å². The standard InChI is InChI=1S/C19H19FN2O3/c1-12-19(24)22(2)16-9-14(6-7-17(16)25-12)11-21-18(23)10-13-4-3-5-15(20)8-13/h3-9,12H,10-11H2,1-2H3,(H,21,23). The van der Waals surface area contributed by atoms with Crippen molar-refractivity contribution in [2.24, 2.45) is 0 Å². The highest BCUT2D eigenvalue weighted by Crippen LogP contribution is 2.33. The molecule has 3 rings (SSSR count). The molecular weight excluding hydrogens is 323 g/mol. The van der Waals surface area contributed by atoms with E-state index in [-0.39, 0.29) is 24.1 Å². The van der Waals surface area contributed by atoms with Crippen LogP contribution >= 0.6 is 0 Å². The third-order valence-electron chi connectivity index (χ3n) is 4.11. The molecule has 0 bridgehead atoms. The summed E-state index contributed by atoms with van der Waals surface area (Å²) >= 11 is 0. The van der Waals surface area contributed by atoms with E-state index in [0.29, 0.717) is 23.5 Å². The zero-order valence-corrected chi connectivity index (χ0v) is 14.1. The van der Waals surface area contributed by atoms with Crippen molar-refractivity contribution in [3.63, 3.8) is 0 Å². The summed E-state index contributed by atoms with van der Waals surface area (Å²) in [5, 5.41) is 2.80. The number of ether oxygens (including phenoxy) is 1. The van der Waals surface area contributed by atoms with Crippen LogP contribution in [-0.2, 0) is 22.6 Å². The van der Waals surface area contributed by atoms with Gasteiger partial charge in [0.25, 0.3) is 5.91 Å². The summed E-state index contributed by atoms with van der Waals surface area (Å²) in [5.41, 5.74) is 2.15. The van der Waals surface area contributed by atoms with Gasteiger partial charge in [0.1, 0.15) is 11.6 Å². The molecule has 2 aromatic carbocycles. The lowest BCUT2D eigenvalue weighted by Gasteiger charge is -2.30. The van der Waals surface area contributed by atoms with Gasteiger partial charge in [0.2, 0.25) is 5.91 Å². The average Bonchev–Trinajstić information content (AvgIpc) is 2.58. The normalized spacial score (nSPS) is 16.2. The number of hydrogen-bond donors (Lipinski definition) is 1. The van der Waals surface area contributed by atoms with E-state index in [0.717, 1.165) is 5.56 Å². The molecule has 0 spiro atoms. The van der Waals surface area contributed by atoms with Gasteiger partial charge in [-0.1, -0.05) is 18.2 Å². The van der Waals surface area contributed by atoms with Gasteiger partial charge in [-0.3, -0.25) is 9.59 Å². The van der Waals surface area contributed by atoms with Crippen LogP contribution in [-0.4, -0.2) is 25.0 Å². The summed E-state index contributed by atoms with van der Waals surface area (Å²) in [7, 11) is 1.70. The molecule has 5 nitrogen and oxygen atoms in total. The van der Waals surface area contributed by atoms with Gasteiger partial charge >= 0.3 is 0 Å². The molecule has 130 valence electrons. The van der Waals surface area contributed by atoms with Gasteiger partial charge < -0.3 is 15.0 Å². The minimum Gasteiger partial charge on any atom is -0.479 e. The maximum Gasteiger partial charge on any atom is 0.267 e. The number of hydrogen-bond acceptors (Lipinski definition) is 3. The number of anilines is 1. The number of nitrogens with one attached hydrogen (secondary N) is 1. The Bertz CT molecular complexity index is 822. The number of benzene rings is 2. The second-order valence-electron chi connectivity index (χ2n) is 6.04. The van der Waals surface area contributed by atoms with Crippen LogP contribution in [0.2, 0.25) is 0 Å².